The highest BCUT2D eigenvalue weighted by atomic mass is 79.9. The van der Waals surface area contributed by atoms with Crippen LogP contribution in [0.5, 0.6) is 0 Å². The van der Waals surface area contributed by atoms with E-state index in [4.69, 9.17) is 10.3 Å². The first kappa shape index (κ1) is 9.14. The summed E-state index contributed by atoms with van der Waals surface area (Å²) in [5.41, 5.74) is 5.57. The topological polar surface area (TPSA) is 64.9 Å². The van der Waals surface area contributed by atoms with Crippen LogP contribution >= 0.6 is 15.9 Å². The van der Waals surface area contributed by atoms with E-state index in [-0.39, 0.29) is 17.1 Å². The van der Waals surface area contributed by atoms with E-state index in [1.54, 1.807) is 6.07 Å². The van der Waals surface area contributed by atoms with Crippen LogP contribution < -0.4 is 5.73 Å². The van der Waals surface area contributed by atoms with Crippen LogP contribution in [0.25, 0.3) is 11.3 Å². The normalized spacial score (nSPS) is 10.4. The summed E-state index contributed by atoms with van der Waals surface area (Å²) in [6, 6.07) is 2.98. The van der Waals surface area contributed by atoms with E-state index < -0.39 is 5.95 Å². The monoisotopic (exact) mass is 257 g/mol. The van der Waals surface area contributed by atoms with Gasteiger partial charge in [-0.05, 0) is 22.0 Å². The van der Waals surface area contributed by atoms with Crippen molar-refractivity contribution in [2.24, 2.45) is 0 Å². The summed E-state index contributed by atoms with van der Waals surface area (Å²) in [4.78, 5) is 3.52. The Morgan fingerprint density at radius 2 is 2.21 bits per heavy atom. The molecule has 0 unspecified atom stereocenters. The van der Waals surface area contributed by atoms with Gasteiger partial charge in [-0.15, -0.1) is 0 Å². The van der Waals surface area contributed by atoms with Crippen molar-refractivity contribution in [3.05, 3.63) is 28.7 Å². The van der Waals surface area contributed by atoms with Crippen LogP contribution in [-0.2, 0) is 0 Å². The minimum absolute atomic E-state index is 0.208. The van der Waals surface area contributed by atoms with Crippen molar-refractivity contribution in [2.45, 2.75) is 0 Å². The van der Waals surface area contributed by atoms with Crippen molar-refractivity contribution in [2.75, 3.05) is 5.73 Å². The molecule has 0 fully saturated rings. The average Bonchev–Trinajstić information content (AvgIpc) is 2.56. The Bertz CT molecular complexity index is 471. The molecule has 4 nitrogen and oxygen atoms in total. The maximum absolute atomic E-state index is 13.2. The lowest BCUT2D eigenvalue weighted by atomic mass is 10.2. The molecule has 2 N–H and O–H groups in total. The van der Waals surface area contributed by atoms with Crippen molar-refractivity contribution in [1.29, 1.82) is 0 Å². The zero-order chi connectivity index (χ0) is 10.1. The molecule has 2 aromatic rings. The van der Waals surface area contributed by atoms with Gasteiger partial charge in [-0.1, -0.05) is 5.16 Å². The molecule has 2 aromatic heterocycles. The Labute approximate surface area is 87.0 Å². The second kappa shape index (κ2) is 3.38. The lowest BCUT2D eigenvalue weighted by Crippen LogP contribution is -1.87. The summed E-state index contributed by atoms with van der Waals surface area (Å²) in [6.45, 7) is 0. The zero-order valence-corrected chi connectivity index (χ0v) is 8.45. The summed E-state index contributed by atoms with van der Waals surface area (Å²) in [7, 11) is 0. The number of rotatable bonds is 1. The number of aromatic nitrogens is 2. The Balaban J connectivity index is 2.55. The first-order valence-electron chi connectivity index (χ1n) is 3.70. The standard InChI is InChI=1S/C8H5BrFN3O/c9-4-1-5(8(10)12-3-4)6-2-7(11)13-14-6/h1-3H,(H2,11,13). The van der Waals surface area contributed by atoms with E-state index in [1.807, 2.05) is 0 Å². The number of anilines is 1. The van der Waals surface area contributed by atoms with Gasteiger partial charge in [0.25, 0.3) is 0 Å². The molecule has 0 radical (unpaired) electrons. The lowest BCUT2D eigenvalue weighted by molar-refractivity contribution is 0.432. The second-order valence-corrected chi connectivity index (χ2v) is 3.52. The molecule has 0 amide bonds. The van der Waals surface area contributed by atoms with E-state index in [9.17, 15) is 4.39 Å². The third-order valence-electron chi connectivity index (χ3n) is 1.60. The zero-order valence-electron chi connectivity index (χ0n) is 6.87. The van der Waals surface area contributed by atoms with Crippen molar-refractivity contribution in [1.82, 2.24) is 10.1 Å². The van der Waals surface area contributed by atoms with Gasteiger partial charge in [0, 0.05) is 16.7 Å². The molecule has 0 aliphatic carbocycles. The van der Waals surface area contributed by atoms with Crippen LogP contribution in [0.15, 0.2) is 27.3 Å². The van der Waals surface area contributed by atoms with Gasteiger partial charge in [0.1, 0.15) is 0 Å². The van der Waals surface area contributed by atoms with Crippen molar-refractivity contribution >= 4 is 21.7 Å². The van der Waals surface area contributed by atoms with Crippen molar-refractivity contribution in [3.8, 4) is 11.3 Å². The lowest BCUT2D eigenvalue weighted by Gasteiger charge is -1.97. The van der Waals surface area contributed by atoms with E-state index in [1.165, 1.54) is 12.3 Å². The van der Waals surface area contributed by atoms with Crippen molar-refractivity contribution in [3.63, 3.8) is 0 Å². The fourth-order valence-corrected chi connectivity index (χ4v) is 1.34. The smallest absolute Gasteiger partial charge is 0.224 e. The highest BCUT2D eigenvalue weighted by molar-refractivity contribution is 9.10. The summed E-state index contributed by atoms with van der Waals surface area (Å²) < 4.78 is 18.7. The van der Waals surface area contributed by atoms with E-state index >= 15 is 0 Å². The summed E-state index contributed by atoms with van der Waals surface area (Å²) in [5, 5.41) is 3.46. The SMILES string of the molecule is Nc1cc(-c2cc(Br)cnc2F)on1. The van der Waals surface area contributed by atoms with Gasteiger partial charge in [0.2, 0.25) is 5.95 Å². The van der Waals surface area contributed by atoms with Crippen LogP contribution in [0, 0.1) is 5.95 Å². The molecule has 0 aromatic carbocycles. The fourth-order valence-electron chi connectivity index (χ4n) is 1.01. The van der Waals surface area contributed by atoms with Gasteiger partial charge in [-0.25, -0.2) is 4.98 Å². The highest BCUT2D eigenvalue weighted by Gasteiger charge is 2.11. The van der Waals surface area contributed by atoms with Gasteiger partial charge >= 0.3 is 0 Å². The molecular formula is C8H5BrFN3O. The molecule has 72 valence electrons. The van der Waals surface area contributed by atoms with Crippen LogP contribution in [0.3, 0.4) is 0 Å². The van der Waals surface area contributed by atoms with Crippen LogP contribution in [0.2, 0.25) is 0 Å². The van der Waals surface area contributed by atoms with E-state index in [0.29, 0.717) is 4.47 Å². The number of hydrogen-bond acceptors (Lipinski definition) is 4. The number of nitrogens with zero attached hydrogens (tertiary/aromatic N) is 2. The maximum atomic E-state index is 13.2. The quantitative estimate of drug-likeness (QED) is 0.796. The number of hydrogen-bond donors (Lipinski definition) is 1. The van der Waals surface area contributed by atoms with Gasteiger partial charge in [-0.2, -0.15) is 4.39 Å². The van der Waals surface area contributed by atoms with Crippen LogP contribution in [-0.4, -0.2) is 10.1 Å². The third-order valence-corrected chi connectivity index (χ3v) is 2.03. The van der Waals surface area contributed by atoms with E-state index in [0.717, 1.165) is 0 Å². The first-order valence-corrected chi connectivity index (χ1v) is 4.50. The molecule has 0 aliphatic heterocycles. The second-order valence-electron chi connectivity index (χ2n) is 2.61. The van der Waals surface area contributed by atoms with Crippen molar-refractivity contribution < 1.29 is 8.91 Å². The number of halogens is 2. The average molecular weight is 258 g/mol. The summed E-state index contributed by atoms with van der Waals surface area (Å²) >= 11 is 3.18. The van der Waals surface area contributed by atoms with Crippen LogP contribution in [0.1, 0.15) is 0 Å². The highest BCUT2D eigenvalue weighted by Crippen LogP contribution is 2.25. The number of pyridine rings is 1. The minimum atomic E-state index is -0.621. The predicted molar refractivity (Wildman–Crippen MR) is 51.8 cm³/mol. The molecular weight excluding hydrogens is 253 g/mol. The fraction of sp³-hybridized carbons (Fsp3) is 0. The molecule has 0 spiro atoms. The van der Waals surface area contributed by atoms with Gasteiger partial charge in [0.15, 0.2) is 11.6 Å². The predicted octanol–water partition coefficient (Wildman–Crippen LogP) is 2.22. The van der Waals surface area contributed by atoms with Gasteiger partial charge < -0.3 is 10.3 Å². The summed E-state index contributed by atoms with van der Waals surface area (Å²) in [5.74, 6) is -0.155. The molecule has 0 bridgehead atoms. The Hall–Kier alpha value is -1.43. The molecule has 2 heterocycles. The number of nitrogens with two attached hydrogens (primary N) is 1. The minimum Gasteiger partial charge on any atom is -0.381 e. The third kappa shape index (κ3) is 1.60. The van der Waals surface area contributed by atoms with E-state index in [2.05, 4.69) is 26.1 Å². The molecule has 0 aliphatic rings. The maximum Gasteiger partial charge on any atom is 0.224 e. The first-order chi connectivity index (χ1) is 6.66. The number of nitrogen functional groups attached to an aromatic ring is 1. The van der Waals surface area contributed by atoms with Gasteiger partial charge in [0.05, 0.1) is 5.56 Å². The Kier molecular flexibility index (Phi) is 2.20. The largest absolute Gasteiger partial charge is 0.381 e. The van der Waals surface area contributed by atoms with Gasteiger partial charge in [-0.3, -0.25) is 0 Å². The molecule has 14 heavy (non-hydrogen) atoms. The molecule has 0 atom stereocenters. The molecule has 2 rings (SSSR count). The Morgan fingerprint density at radius 3 is 2.86 bits per heavy atom. The molecule has 0 saturated carbocycles. The molecule has 0 saturated heterocycles. The van der Waals surface area contributed by atoms with Crippen LogP contribution in [0.4, 0.5) is 10.2 Å². The Morgan fingerprint density at radius 1 is 1.43 bits per heavy atom. The molecule has 6 heteroatoms. The summed E-state index contributed by atoms with van der Waals surface area (Å²) in [6.07, 6.45) is 1.36.